The van der Waals surface area contributed by atoms with Gasteiger partial charge in [-0.1, -0.05) is 12.5 Å². The van der Waals surface area contributed by atoms with Crippen molar-refractivity contribution in [3.8, 4) is 5.69 Å². The molecule has 2 heterocycles. The number of aryl methyl sites for hydroxylation is 1. The van der Waals surface area contributed by atoms with Crippen molar-refractivity contribution in [1.29, 1.82) is 0 Å². The number of anilines is 1. The molecule has 1 unspecified atom stereocenters. The van der Waals surface area contributed by atoms with Crippen LogP contribution >= 0.6 is 0 Å². The van der Waals surface area contributed by atoms with Gasteiger partial charge in [-0.2, -0.15) is 0 Å². The molecule has 7 nitrogen and oxygen atoms in total. The first-order valence-corrected chi connectivity index (χ1v) is 7.12. The molecule has 1 saturated heterocycles. The molecule has 1 atom stereocenters. The Labute approximate surface area is 122 Å². The fourth-order valence-electron chi connectivity index (χ4n) is 2.51. The first-order chi connectivity index (χ1) is 10.2. The minimum atomic E-state index is -0.100. The van der Waals surface area contributed by atoms with E-state index in [2.05, 4.69) is 26.2 Å². The van der Waals surface area contributed by atoms with Gasteiger partial charge in [0.15, 0.2) is 0 Å². The summed E-state index contributed by atoms with van der Waals surface area (Å²) in [6.07, 6.45) is 4.65. The summed E-state index contributed by atoms with van der Waals surface area (Å²) in [7, 11) is 0. The van der Waals surface area contributed by atoms with Crippen LogP contribution in [0.4, 0.5) is 5.69 Å². The van der Waals surface area contributed by atoms with Gasteiger partial charge >= 0.3 is 0 Å². The Kier molecular flexibility index (Phi) is 3.92. The quantitative estimate of drug-likeness (QED) is 0.881. The van der Waals surface area contributed by atoms with Gasteiger partial charge in [0.1, 0.15) is 6.33 Å². The van der Waals surface area contributed by atoms with Gasteiger partial charge in [-0.25, -0.2) is 4.68 Å². The van der Waals surface area contributed by atoms with Gasteiger partial charge < -0.3 is 10.6 Å². The van der Waals surface area contributed by atoms with Gasteiger partial charge in [0.25, 0.3) is 0 Å². The van der Waals surface area contributed by atoms with Crippen LogP contribution in [0, 0.1) is 6.92 Å². The second-order valence-corrected chi connectivity index (χ2v) is 5.25. The Morgan fingerprint density at radius 3 is 3.05 bits per heavy atom. The summed E-state index contributed by atoms with van der Waals surface area (Å²) in [5, 5.41) is 17.4. The minimum Gasteiger partial charge on any atom is -0.325 e. The Hall–Kier alpha value is -2.28. The van der Waals surface area contributed by atoms with Crippen LogP contribution in [0.15, 0.2) is 24.5 Å². The van der Waals surface area contributed by atoms with E-state index in [1.807, 2.05) is 25.1 Å². The molecule has 0 spiro atoms. The summed E-state index contributed by atoms with van der Waals surface area (Å²) in [5.74, 6) is 0.0150. The van der Waals surface area contributed by atoms with Crippen LogP contribution in [0.3, 0.4) is 0 Å². The van der Waals surface area contributed by atoms with Gasteiger partial charge in [-0.05, 0) is 54.4 Å². The number of nitrogens with one attached hydrogen (secondary N) is 2. The predicted octanol–water partition coefficient (Wildman–Crippen LogP) is 1.05. The first-order valence-electron chi connectivity index (χ1n) is 7.12. The third-order valence-corrected chi connectivity index (χ3v) is 3.70. The second-order valence-electron chi connectivity index (χ2n) is 5.25. The van der Waals surface area contributed by atoms with E-state index in [0.717, 1.165) is 42.7 Å². The highest BCUT2D eigenvalue weighted by Gasteiger charge is 2.20. The minimum absolute atomic E-state index is 0.0150. The Bertz CT molecular complexity index is 618. The normalized spacial score (nSPS) is 18.4. The van der Waals surface area contributed by atoms with Crippen molar-refractivity contribution in [3.63, 3.8) is 0 Å². The number of hydrogen-bond acceptors (Lipinski definition) is 5. The van der Waals surface area contributed by atoms with E-state index in [1.54, 1.807) is 4.68 Å². The molecule has 0 radical (unpaired) electrons. The van der Waals surface area contributed by atoms with Crippen molar-refractivity contribution in [2.45, 2.75) is 32.2 Å². The van der Waals surface area contributed by atoms with E-state index in [-0.39, 0.29) is 11.9 Å². The molecule has 110 valence electrons. The van der Waals surface area contributed by atoms with Crippen LogP contribution in [0.5, 0.6) is 0 Å². The molecule has 0 aliphatic carbocycles. The lowest BCUT2D eigenvalue weighted by molar-refractivity contribution is -0.118. The van der Waals surface area contributed by atoms with Crippen LogP contribution in [-0.4, -0.2) is 38.7 Å². The number of hydrogen-bond donors (Lipinski definition) is 2. The average molecular weight is 286 g/mol. The molecule has 2 N–H and O–H groups in total. The fourth-order valence-corrected chi connectivity index (χ4v) is 2.51. The van der Waals surface area contributed by atoms with E-state index in [4.69, 9.17) is 0 Å². The number of carbonyl (C=O) groups is 1. The van der Waals surface area contributed by atoms with E-state index < -0.39 is 0 Å². The fraction of sp³-hybridized carbons (Fsp3) is 0.429. The number of tetrazole rings is 1. The zero-order chi connectivity index (χ0) is 14.7. The smallest absolute Gasteiger partial charge is 0.241 e. The second kappa shape index (κ2) is 6.01. The molecular weight excluding hydrogens is 268 g/mol. The topological polar surface area (TPSA) is 84.7 Å². The predicted molar refractivity (Wildman–Crippen MR) is 78.2 cm³/mol. The van der Waals surface area contributed by atoms with Crippen molar-refractivity contribution in [2.24, 2.45) is 0 Å². The van der Waals surface area contributed by atoms with Crippen molar-refractivity contribution >= 4 is 11.6 Å². The maximum atomic E-state index is 12.2. The monoisotopic (exact) mass is 286 g/mol. The number of piperidine rings is 1. The maximum absolute atomic E-state index is 12.2. The van der Waals surface area contributed by atoms with Crippen molar-refractivity contribution in [2.75, 3.05) is 11.9 Å². The number of rotatable bonds is 3. The van der Waals surface area contributed by atoms with Crippen molar-refractivity contribution < 1.29 is 4.79 Å². The number of nitrogens with zero attached hydrogens (tertiary/aromatic N) is 4. The highest BCUT2D eigenvalue weighted by Crippen LogP contribution is 2.19. The summed E-state index contributed by atoms with van der Waals surface area (Å²) >= 11 is 0. The molecule has 3 rings (SSSR count). The van der Waals surface area contributed by atoms with Gasteiger partial charge in [-0.3, -0.25) is 4.79 Å². The largest absolute Gasteiger partial charge is 0.325 e. The van der Waals surface area contributed by atoms with Crippen LogP contribution in [0.1, 0.15) is 24.8 Å². The molecule has 1 aliphatic heterocycles. The zero-order valence-electron chi connectivity index (χ0n) is 11.9. The molecule has 0 saturated carbocycles. The van der Waals surface area contributed by atoms with Gasteiger partial charge in [0.2, 0.25) is 5.91 Å². The molecule has 1 aliphatic rings. The standard InChI is InChI=1S/C14H18N6O/c1-10-5-6-11(8-13(10)20-9-16-18-19-20)17-14(21)12-4-2-3-7-15-12/h5-6,8-9,12,15H,2-4,7H2,1H3,(H,17,21). The summed E-state index contributed by atoms with van der Waals surface area (Å²) in [6, 6.07) is 5.62. The third-order valence-electron chi connectivity index (χ3n) is 3.70. The lowest BCUT2D eigenvalue weighted by Crippen LogP contribution is -2.43. The third kappa shape index (κ3) is 3.08. The van der Waals surface area contributed by atoms with Crippen LogP contribution in [0.25, 0.3) is 5.69 Å². The summed E-state index contributed by atoms with van der Waals surface area (Å²) in [4.78, 5) is 12.2. The highest BCUT2D eigenvalue weighted by atomic mass is 16.2. The van der Waals surface area contributed by atoms with Gasteiger partial charge in [0, 0.05) is 5.69 Å². The van der Waals surface area contributed by atoms with E-state index >= 15 is 0 Å². The molecule has 2 aromatic rings. The average Bonchev–Trinajstić information content (AvgIpc) is 3.04. The number of carbonyl (C=O) groups excluding carboxylic acids is 1. The van der Waals surface area contributed by atoms with Crippen LogP contribution in [-0.2, 0) is 4.79 Å². The molecule has 7 heteroatoms. The lowest BCUT2D eigenvalue weighted by atomic mass is 10.0. The molecular formula is C14H18N6O. The lowest BCUT2D eigenvalue weighted by Gasteiger charge is -2.22. The number of aromatic nitrogens is 4. The zero-order valence-corrected chi connectivity index (χ0v) is 11.9. The molecule has 1 amide bonds. The Balaban J connectivity index is 1.77. The van der Waals surface area contributed by atoms with E-state index in [1.165, 1.54) is 6.33 Å². The van der Waals surface area contributed by atoms with Crippen molar-refractivity contribution in [3.05, 3.63) is 30.1 Å². The Morgan fingerprint density at radius 2 is 2.33 bits per heavy atom. The molecule has 21 heavy (non-hydrogen) atoms. The number of benzene rings is 1. The van der Waals surface area contributed by atoms with Gasteiger partial charge in [0.05, 0.1) is 11.7 Å². The molecule has 1 aromatic heterocycles. The summed E-state index contributed by atoms with van der Waals surface area (Å²) in [6.45, 7) is 2.88. The SMILES string of the molecule is Cc1ccc(NC(=O)C2CCCCN2)cc1-n1cnnn1. The molecule has 1 aromatic carbocycles. The van der Waals surface area contributed by atoms with E-state index in [9.17, 15) is 4.79 Å². The van der Waals surface area contributed by atoms with Gasteiger partial charge in [-0.15, -0.1) is 5.10 Å². The maximum Gasteiger partial charge on any atom is 0.241 e. The van der Waals surface area contributed by atoms with Crippen LogP contribution in [0.2, 0.25) is 0 Å². The summed E-state index contributed by atoms with van der Waals surface area (Å²) < 4.78 is 1.59. The molecule has 0 bridgehead atoms. The number of amides is 1. The Morgan fingerprint density at radius 1 is 1.43 bits per heavy atom. The first kappa shape index (κ1) is 13.7. The molecule has 1 fully saturated rings. The van der Waals surface area contributed by atoms with E-state index in [0.29, 0.717) is 0 Å². The highest BCUT2D eigenvalue weighted by molar-refractivity contribution is 5.95. The summed E-state index contributed by atoms with van der Waals surface area (Å²) in [5.41, 5.74) is 2.65. The van der Waals surface area contributed by atoms with Crippen LogP contribution < -0.4 is 10.6 Å². The van der Waals surface area contributed by atoms with Crippen molar-refractivity contribution in [1.82, 2.24) is 25.5 Å².